The molecule has 0 radical (unpaired) electrons. The summed E-state index contributed by atoms with van der Waals surface area (Å²) >= 11 is 0. The number of aryl methyl sites for hydroxylation is 1. The van der Waals surface area contributed by atoms with Crippen LogP contribution in [0, 0.1) is 0 Å². The molecule has 8 nitrogen and oxygen atoms in total. The van der Waals surface area contributed by atoms with Crippen molar-refractivity contribution in [3.8, 4) is 17.2 Å². The van der Waals surface area contributed by atoms with E-state index in [0.29, 0.717) is 23.2 Å². The van der Waals surface area contributed by atoms with Crippen molar-refractivity contribution in [3.63, 3.8) is 0 Å². The standard InChI is InChI=1S/C26H29N5O3/c1-26(2,3)16-8-7-9-17(12-16)29-25-30-19-14-23(22(33-6)15-21(19)31(25)5)34-18-10-11-28-20(13-18)24(32)27-4/h7-15H,1-6H3,(H,27,32)(H,29,30). The van der Waals surface area contributed by atoms with E-state index in [1.807, 2.05) is 35.9 Å². The smallest absolute Gasteiger partial charge is 0.269 e. The van der Waals surface area contributed by atoms with Gasteiger partial charge in [0.2, 0.25) is 5.95 Å². The highest BCUT2D eigenvalue weighted by atomic mass is 16.5. The Kier molecular flexibility index (Phi) is 6.15. The minimum Gasteiger partial charge on any atom is -0.493 e. The average Bonchev–Trinajstić information content (AvgIpc) is 3.11. The number of pyridine rings is 1. The van der Waals surface area contributed by atoms with Crippen LogP contribution in [0.4, 0.5) is 11.6 Å². The number of anilines is 2. The Labute approximate surface area is 198 Å². The maximum Gasteiger partial charge on any atom is 0.269 e. The summed E-state index contributed by atoms with van der Waals surface area (Å²) in [6.07, 6.45) is 1.53. The van der Waals surface area contributed by atoms with Crippen molar-refractivity contribution in [1.29, 1.82) is 0 Å². The number of methoxy groups -OCH3 is 1. The number of rotatable bonds is 6. The van der Waals surface area contributed by atoms with Gasteiger partial charge in [-0.15, -0.1) is 0 Å². The lowest BCUT2D eigenvalue weighted by Gasteiger charge is -2.20. The first-order valence-corrected chi connectivity index (χ1v) is 11.0. The van der Waals surface area contributed by atoms with E-state index in [4.69, 9.17) is 14.5 Å². The first-order valence-electron chi connectivity index (χ1n) is 11.0. The minimum absolute atomic E-state index is 0.0499. The largest absolute Gasteiger partial charge is 0.493 e. The molecule has 0 aliphatic rings. The second-order valence-electron chi connectivity index (χ2n) is 9.00. The van der Waals surface area contributed by atoms with Gasteiger partial charge in [-0.2, -0.15) is 0 Å². The molecule has 0 aliphatic carbocycles. The molecule has 2 heterocycles. The van der Waals surface area contributed by atoms with Crippen molar-refractivity contribution < 1.29 is 14.3 Å². The molecule has 2 N–H and O–H groups in total. The second-order valence-corrected chi connectivity index (χ2v) is 9.00. The van der Waals surface area contributed by atoms with Crippen LogP contribution in [-0.2, 0) is 12.5 Å². The molecule has 4 aromatic rings. The summed E-state index contributed by atoms with van der Waals surface area (Å²) in [4.78, 5) is 20.8. The van der Waals surface area contributed by atoms with Gasteiger partial charge < -0.3 is 24.7 Å². The Hall–Kier alpha value is -4.07. The van der Waals surface area contributed by atoms with Gasteiger partial charge in [0.05, 0.1) is 18.1 Å². The first kappa shape index (κ1) is 23.1. The van der Waals surface area contributed by atoms with E-state index in [-0.39, 0.29) is 17.0 Å². The molecule has 176 valence electrons. The van der Waals surface area contributed by atoms with E-state index in [0.717, 1.165) is 16.7 Å². The van der Waals surface area contributed by atoms with Gasteiger partial charge in [-0.3, -0.25) is 9.78 Å². The van der Waals surface area contributed by atoms with Crippen LogP contribution < -0.4 is 20.1 Å². The van der Waals surface area contributed by atoms with Gasteiger partial charge in [0, 0.05) is 44.2 Å². The van der Waals surface area contributed by atoms with Gasteiger partial charge in [-0.1, -0.05) is 32.9 Å². The molecule has 0 spiro atoms. The van der Waals surface area contributed by atoms with Crippen molar-refractivity contribution in [2.24, 2.45) is 7.05 Å². The highest BCUT2D eigenvalue weighted by Gasteiger charge is 2.17. The molecular formula is C26H29N5O3. The number of nitrogens with zero attached hydrogens (tertiary/aromatic N) is 3. The van der Waals surface area contributed by atoms with E-state index in [1.54, 1.807) is 26.3 Å². The van der Waals surface area contributed by atoms with Crippen molar-refractivity contribution >= 4 is 28.6 Å². The second kappa shape index (κ2) is 9.05. The van der Waals surface area contributed by atoms with Crippen molar-refractivity contribution in [1.82, 2.24) is 19.9 Å². The number of amides is 1. The first-order chi connectivity index (χ1) is 16.2. The average molecular weight is 460 g/mol. The van der Waals surface area contributed by atoms with Gasteiger partial charge >= 0.3 is 0 Å². The Bertz CT molecular complexity index is 1350. The lowest BCUT2D eigenvalue weighted by molar-refractivity contribution is 0.0958. The number of hydrogen-bond acceptors (Lipinski definition) is 6. The van der Waals surface area contributed by atoms with Crippen LogP contribution in [0.3, 0.4) is 0 Å². The number of carbonyl (C=O) groups is 1. The quantitative estimate of drug-likeness (QED) is 0.413. The van der Waals surface area contributed by atoms with E-state index in [2.05, 4.69) is 48.5 Å². The monoisotopic (exact) mass is 459 g/mol. The molecule has 0 bridgehead atoms. The normalized spacial score (nSPS) is 11.4. The molecule has 0 atom stereocenters. The molecule has 34 heavy (non-hydrogen) atoms. The zero-order valence-electron chi connectivity index (χ0n) is 20.3. The van der Waals surface area contributed by atoms with Gasteiger partial charge in [-0.25, -0.2) is 4.98 Å². The number of fused-ring (bicyclic) bond motifs is 1. The molecule has 1 amide bonds. The maximum atomic E-state index is 11.9. The lowest BCUT2D eigenvalue weighted by Crippen LogP contribution is -2.18. The topological polar surface area (TPSA) is 90.3 Å². The molecule has 4 rings (SSSR count). The number of benzene rings is 2. The summed E-state index contributed by atoms with van der Waals surface area (Å²) in [5.74, 6) is 1.92. The molecule has 8 heteroatoms. The molecule has 0 saturated carbocycles. The summed E-state index contributed by atoms with van der Waals surface area (Å²) in [7, 11) is 5.09. The SMILES string of the molecule is CNC(=O)c1cc(Oc2cc3nc(Nc4cccc(C(C)(C)C)c4)n(C)c3cc2OC)ccn1. The summed E-state index contributed by atoms with van der Waals surface area (Å²) in [6, 6.07) is 15.3. The maximum absolute atomic E-state index is 11.9. The predicted octanol–water partition coefficient (Wildman–Crippen LogP) is 5.17. The number of carbonyl (C=O) groups excluding carboxylic acids is 1. The van der Waals surface area contributed by atoms with Gasteiger partial charge in [0.1, 0.15) is 11.4 Å². The van der Waals surface area contributed by atoms with Gasteiger partial charge in [0.15, 0.2) is 11.5 Å². The fourth-order valence-electron chi connectivity index (χ4n) is 3.60. The third-order valence-electron chi connectivity index (χ3n) is 5.57. The molecular weight excluding hydrogens is 430 g/mol. The van der Waals surface area contributed by atoms with E-state index >= 15 is 0 Å². The van der Waals surface area contributed by atoms with E-state index < -0.39 is 0 Å². The summed E-state index contributed by atoms with van der Waals surface area (Å²) < 4.78 is 13.6. The third-order valence-corrected chi connectivity index (χ3v) is 5.57. The van der Waals surface area contributed by atoms with Crippen molar-refractivity contribution in [2.45, 2.75) is 26.2 Å². The number of hydrogen-bond donors (Lipinski definition) is 2. The van der Waals surface area contributed by atoms with Crippen LogP contribution >= 0.6 is 0 Å². The summed E-state index contributed by atoms with van der Waals surface area (Å²) in [6.45, 7) is 6.57. The van der Waals surface area contributed by atoms with E-state index in [1.165, 1.54) is 11.8 Å². The van der Waals surface area contributed by atoms with Gasteiger partial charge in [0.25, 0.3) is 5.91 Å². The van der Waals surface area contributed by atoms with Crippen molar-refractivity contribution in [3.05, 3.63) is 66.0 Å². The van der Waals surface area contributed by atoms with Crippen LogP contribution in [0.5, 0.6) is 17.2 Å². The minimum atomic E-state index is -0.288. The number of imidazole rings is 1. The Morgan fingerprint density at radius 3 is 2.56 bits per heavy atom. The highest BCUT2D eigenvalue weighted by molar-refractivity contribution is 5.92. The van der Waals surface area contributed by atoms with E-state index in [9.17, 15) is 4.79 Å². The predicted molar refractivity (Wildman–Crippen MR) is 133 cm³/mol. The van der Waals surface area contributed by atoms with Crippen LogP contribution in [0.25, 0.3) is 11.0 Å². The van der Waals surface area contributed by atoms with Crippen LogP contribution in [0.15, 0.2) is 54.7 Å². The fraction of sp³-hybridized carbons (Fsp3) is 0.269. The number of ether oxygens (including phenoxy) is 2. The van der Waals surface area contributed by atoms with Crippen LogP contribution in [0.1, 0.15) is 36.8 Å². The zero-order valence-corrected chi connectivity index (χ0v) is 20.3. The zero-order chi connectivity index (χ0) is 24.5. The summed E-state index contributed by atoms with van der Waals surface area (Å²) in [5, 5.41) is 5.98. The number of nitrogens with one attached hydrogen (secondary N) is 2. The highest BCUT2D eigenvalue weighted by Crippen LogP contribution is 2.36. The van der Waals surface area contributed by atoms with Crippen molar-refractivity contribution in [2.75, 3.05) is 19.5 Å². The number of aromatic nitrogens is 3. The summed E-state index contributed by atoms with van der Waals surface area (Å²) in [5.41, 5.74) is 4.15. The lowest BCUT2D eigenvalue weighted by atomic mass is 9.87. The van der Waals surface area contributed by atoms with Crippen LogP contribution in [0.2, 0.25) is 0 Å². The fourth-order valence-corrected chi connectivity index (χ4v) is 3.60. The molecule has 0 fully saturated rings. The Morgan fingerprint density at radius 1 is 1.06 bits per heavy atom. The molecule has 2 aromatic heterocycles. The Balaban J connectivity index is 1.68. The molecule has 2 aromatic carbocycles. The molecule has 0 saturated heterocycles. The van der Waals surface area contributed by atoms with Gasteiger partial charge in [-0.05, 0) is 29.2 Å². The van der Waals surface area contributed by atoms with Crippen LogP contribution in [-0.4, -0.2) is 34.6 Å². The Morgan fingerprint density at radius 2 is 1.85 bits per heavy atom. The molecule has 0 unspecified atom stereocenters. The molecule has 0 aliphatic heterocycles. The third kappa shape index (κ3) is 4.66.